The van der Waals surface area contributed by atoms with E-state index in [-0.39, 0.29) is 30.9 Å². The number of rotatable bonds is 8. The van der Waals surface area contributed by atoms with Gasteiger partial charge in [0.15, 0.2) is 22.9 Å². The Morgan fingerprint density at radius 2 is 1.87 bits per heavy atom. The Kier molecular flexibility index (Phi) is 6.60. The number of carbonyl (C=O) groups excluding carboxylic acids is 3. The fraction of sp³-hybridized carbons (Fsp3) is 0.519. The van der Waals surface area contributed by atoms with E-state index in [1.54, 1.807) is 6.07 Å². The average Bonchev–Trinajstić information content (AvgIpc) is 3.48. The number of ether oxygens (including phenoxy) is 4. The van der Waals surface area contributed by atoms with Crippen LogP contribution in [-0.2, 0) is 23.9 Å². The maximum absolute atomic E-state index is 13.3. The second kappa shape index (κ2) is 9.63. The van der Waals surface area contributed by atoms with Crippen molar-refractivity contribution in [2.45, 2.75) is 50.9 Å². The highest BCUT2D eigenvalue weighted by atomic mass is 16.7. The van der Waals surface area contributed by atoms with Gasteiger partial charge in [-0.3, -0.25) is 19.7 Å². The fourth-order valence-electron chi connectivity index (χ4n) is 5.95. The number of Topliss-reactive ketones (excluding diaryl/α,β-unsaturated/α-hetero) is 1. The minimum Gasteiger partial charge on any atom is -0.497 e. The third-order valence-electron chi connectivity index (χ3n) is 7.78. The molecule has 202 valence electrons. The summed E-state index contributed by atoms with van der Waals surface area (Å²) in [7, 11) is 1.31. The molecule has 2 aliphatic carbocycles. The number of nitrogens with one attached hydrogen (secondary N) is 1. The lowest BCUT2D eigenvalue weighted by molar-refractivity contribution is -0.141. The number of hydrogen-bond acceptors (Lipinski definition) is 11. The zero-order chi connectivity index (χ0) is 27.4. The number of nitrogens with zero attached hydrogens (tertiary/aromatic N) is 1. The molecule has 0 spiro atoms. The van der Waals surface area contributed by atoms with E-state index in [1.807, 2.05) is 19.9 Å². The van der Waals surface area contributed by atoms with Crippen molar-refractivity contribution < 1.29 is 38.4 Å². The summed E-state index contributed by atoms with van der Waals surface area (Å²) in [6, 6.07) is 3.12. The van der Waals surface area contributed by atoms with Gasteiger partial charge in [0.05, 0.1) is 19.6 Å². The quantitative estimate of drug-likeness (QED) is 0.382. The van der Waals surface area contributed by atoms with Gasteiger partial charge in [0.2, 0.25) is 6.79 Å². The molecule has 11 heteroatoms. The molecular weight excluding hydrogens is 496 g/mol. The van der Waals surface area contributed by atoms with Crippen molar-refractivity contribution in [3.05, 3.63) is 51.7 Å². The van der Waals surface area contributed by atoms with Crippen molar-refractivity contribution in [1.29, 1.82) is 0 Å². The first-order valence-electron chi connectivity index (χ1n) is 12.5. The van der Waals surface area contributed by atoms with E-state index >= 15 is 0 Å². The number of cyclic esters (lactones) is 1. The molecule has 0 aromatic heterocycles. The third kappa shape index (κ3) is 4.10. The van der Waals surface area contributed by atoms with Crippen molar-refractivity contribution in [2.24, 2.45) is 22.9 Å². The Bertz CT molecular complexity index is 1270. The first kappa shape index (κ1) is 26.1. The summed E-state index contributed by atoms with van der Waals surface area (Å²) in [5, 5.41) is 17.7. The molecule has 6 atom stereocenters. The normalized spacial score (nSPS) is 30.2. The summed E-state index contributed by atoms with van der Waals surface area (Å²) in [6.07, 6.45) is 1.63. The molecule has 0 radical (unpaired) electrons. The van der Waals surface area contributed by atoms with Crippen molar-refractivity contribution in [3.63, 3.8) is 0 Å². The highest BCUT2D eigenvalue weighted by Gasteiger charge is 2.54. The van der Waals surface area contributed by atoms with Crippen LogP contribution in [0.1, 0.15) is 50.3 Å². The summed E-state index contributed by atoms with van der Waals surface area (Å²) < 4.78 is 22.2. The standard InChI is InChI=1S/C27H30N2O9/c1-12(2)25(29-34)28-24-16-8-19-18(37-11-38-19)7-15(16)22(23-17(24)10-36-26(23)32)14-5-20(31)27(33,9-13(3)30)21(6-14)35-4/h5-8,12,17,22-25,28,33H,9-11H2,1-4H3/t17-,22+,23-,24?,25?,27?/m0/s1. The van der Waals surface area contributed by atoms with Crippen LogP contribution in [-0.4, -0.2) is 54.9 Å². The van der Waals surface area contributed by atoms with E-state index in [0.29, 0.717) is 22.6 Å². The summed E-state index contributed by atoms with van der Waals surface area (Å²) >= 11 is 0. The SMILES string of the molecule is COC1=CC([C@@H]2c3cc4c(cc3C(NC(N=O)C(C)C)[C@H]3COC(=O)[C@H]23)OCO4)=CC(=O)C1(O)CC(C)=O. The van der Waals surface area contributed by atoms with Crippen LogP contribution >= 0.6 is 0 Å². The van der Waals surface area contributed by atoms with Gasteiger partial charge in [-0.1, -0.05) is 19.0 Å². The zero-order valence-corrected chi connectivity index (χ0v) is 21.6. The van der Waals surface area contributed by atoms with Crippen LogP contribution in [0.5, 0.6) is 11.5 Å². The second-order valence-electron chi connectivity index (χ2n) is 10.5. The monoisotopic (exact) mass is 526 g/mol. The van der Waals surface area contributed by atoms with Crippen LogP contribution in [0.3, 0.4) is 0 Å². The molecule has 0 bridgehead atoms. The third-order valence-corrected chi connectivity index (χ3v) is 7.78. The molecule has 1 fully saturated rings. The maximum Gasteiger partial charge on any atom is 0.310 e. The molecule has 1 aromatic rings. The Labute approximate surface area is 219 Å². The van der Waals surface area contributed by atoms with Gasteiger partial charge in [0.1, 0.15) is 17.7 Å². The van der Waals surface area contributed by atoms with Gasteiger partial charge in [0.25, 0.3) is 0 Å². The fourth-order valence-corrected chi connectivity index (χ4v) is 5.95. The van der Waals surface area contributed by atoms with Crippen LogP contribution in [0, 0.1) is 22.7 Å². The molecular formula is C27H30N2O9. The van der Waals surface area contributed by atoms with E-state index in [1.165, 1.54) is 26.2 Å². The molecule has 1 saturated heterocycles. The number of methoxy groups -OCH3 is 1. The van der Waals surface area contributed by atoms with Crippen LogP contribution in [0.2, 0.25) is 0 Å². The molecule has 2 heterocycles. The minimum absolute atomic E-state index is 0.0351. The van der Waals surface area contributed by atoms with Gasteiger partial charge in [-0.25, -0.2) is 0 Å². The Hall–Kier alpha value is -3.57. The average molecular weight is 527 g/mol. The predicted molar refractivity (Wildman–Crippen MR) is 132 cm³/mol. The number of esters is 1. The number of ketones is 2. The Morgan fingerprint density at radius 3 is 2.47 bits per heavy atom. The number of fused-ring (bicyclic) bond motifs is 3. The molecule has 3 unspecified atom stereocenters. The van der Waals surface area contributed by atoms with Crippen LogP contribution in [0.25, 0.3) is 0 Å². The number of nitroso groups, excluding NO2 is 1. The van der Waals surface area contributed by atoms with Crippen LogP contribution in [0.4, 0.5) is 0 Å². The number of aliphatic hydroxyl groups is 1. The smallest absolute Gasteiger partial charge is 0.310 e. The molecule has 5 rings (SSSR count). The summed E-state index contributed by atoms with van der Waals surface area (Å²) in [5.74, 6) is -2.48. The van der Waals surface area contributed by atoms with Crippen molar-refractivity contribution in [1.82, 2.24) is 5.32 Å². The summed E-state index contributed by atoms with van der Waals surface area (Å²) in [5.41, 5.74) is -0.251. The van der Waals surface area contributed by atoms with Gasteiger partial charge < -0.3 is 24.1 Å². The molecule has 2 N–H and O–H groups in total. The second-order valence-corrected chi connectivity index (χ2v) is 10.5. The summed E-state index contributed by atoms with van der Waals surface area (Å²) in [6.45, 7) is 5.16. The topological polar surface area (TPSA) is 150 Å². The van der Waals surface area contributed by atoms with Gasteiger partial charge in [-0.15, -0.1) is 4.91 Å². The van der Waals surface area contributed by atoms with Gasteiger partial charge in [-0.05, 0) is 53.8 Å². The lowest BCUT2D eigenvalue weighted by Crippen LogP contribution is -2.47. The maximum atomic E-state index is 13.3. The number of allylic oxidation sites excluding steroid dienone is 2. The van der Waals surface area contributed by atoms with Gasteiger partial charge in [0, 0.05) is 24.3 Å². The highest BCUT2D eigenvalue weighted by molar-refractivity contribution is 6.04. The molecule has 1 aromatic carbocycles. The van der Waals surface area contributed by atoms with Crippen LogP contribution < -0.4 is 14.8 Å². The highest BCUT2D eigenvalue weighted by Crippen LogP contribution is 2.55. The first-order valence-corrected chi connectivity index (χ1v) is 12.5. The number of benzene rings is 1. The summed E-state index contributed by atoms with van der Waals surface area (Å²) in [4.78, 5) is 49.9. The molecule has 4 aliphatic rings. The number of hydrogen-bond donors (Lipinski definition) is 2. The van der Waals surface area contributed by atoms with Crippen molar-refractivity contribution in [2.75, 3.05) is 20.5 Å². The van der Waals surface area contributed by atoms with E-state index in [9.17, 15) is 24.4 Å². The largest absolute Gasteiger partial charge is 0.497 e. The lowest BCUT2D eigenvalue weighted by Gasteiger charge is -2.41. The molecule has 0 saturated carbocycles. The zero-order valence-electron chi connectivity index (χ0n) is 21.6. The molecule has 11 nitrogen and oxygen atoms in total. The number of carbonyl (C=O) groups is 3. The predicted octanol–water partition coefficient (Wildman–Crippen LogP) is 2.43. The van der Waals surface area contributed by atoms with E-state index in [4.69, 9.17) is 18.9 Å². The van der Waals surface area contributed by atoms with E-state index in [0.717, 1.165) is 5.56 Å². The van der Waals surface area contributed by atoms with Crippen molar-refractivity contribution in [3.8, 4) is 11.5 Å². The lowest BCUT2D eigenvalue weighted by atomic mass is 9.63. The molecule has 2 aliphatic heterocycles. The van der Waals surface area contributed by atoms with Gasteiger partial charge in [-0.2, -0.15) is 0 Å². The molecule has 0 amide bonds. The van der Waals surface area contributed by atoms with Gasteiger partial charge >= 0.3 is 5.97 Å². The Morgan fingerprint density at radius 1 is 1.18 bits per heavy atom. The van der Waals surface area contributed by atoms with E-state index in [2.05, 4.69) is 10.5 Å². The van der Waals surface area contributed by atoms with Crippen molar-refractivity contribution >= 4 is 17.5 Å². The molecule has 38 heavy (non-hydrogen) atoms. The van der Waals surface area contributed by atoms with Crippen LogP contribution in [0.15, 0.2) is 40.8 Å². The van der Waals surface area contributed by atoms with E-state index < -0.39 is 53.7 Å². The first-order chi connectivity index (χ1) is 18.1. The Balaban J connectivity index is 1.67. The minimum atomic E-state index is -2.13.